The Kier molecular flexibility index (Phi) is 4.17. The Morgan fingerprint density at radius 3 is 2.50 bits per heavy atom. The minimum absolute atomic E-state index is 0.126. The van der Waals surface area contributed by atoms with Gasteiger partial charge in [0.1, 0.15) is 5.75 Å². The van der Waals surface area contributed by atoms with Crippen molar-refractivity contribution in [2.75, 3.05) is 10.6 Å². The zero-order chi connectivity index (χ0) is 19.1. The van der Waals surface area contributed by atoms with E-state index in [4.69, 9.17) is 0 Å². The van der Waals surface area contributed by atoms with E-state index in [1.54, 1.807) is 23.5 Å². The van der Waals surface area contributed by atoms with Crippen molar-refractivity contribution in [2.24, 2.45) is 0 Å². The molecule has 140 valence electrons. The molecule has 28 heavy (non-hydrogen) atoms. The predicted molar refractivity (Wildman–Crippen MR) is 113 cm³/mol. The number of benzene rings is 2. The molecule has 0 amide bonds. The molecule has 2 aromatic carbocycles. The number of anilines is 2. The number of allylic oxidation sites excluding steroid dienone is 1. The third-order valence-corrected chi connectivity index (χ3v) is 6.54. The van der Waals surface area contributed by atoms with E-state index < -0.39 is 0 Å². The van der Waals surface area contributed by atoms with Gasteiger partial charge in [0.25, 0.3) is 0 Å². The van der Waals surface area contributed by atoms with E-state index in [0.29, 0.717) is 6.42 Å². The molecule has 1 aliphatic heterocycles. The van der Waals surface area contributed by atoms with Crippen LogP contribution in [0.4, 0.5) is 11.4 Å². The Morgan fingerprint density at radius 2 is 1.71 bits per heavy atom. The Balaban J connectivity index is 1.65. The lowest BCUT2D eigenvalue weighted by atomic mass is 9.80. The van der Waals surface area contributed by atoms with Crippen LogP contribution in [0.2, 0.25) is 0 Å². The van der Waals surface area contributed by atoms with Crippen molar-refractivity contribution < 1.29 is 9.90 Å². The van der Waals surface area contributed by atoms with Crippen LogP contribution in [-0.2, 0) is 4.79 Å². The van der Waals surface area contributed by atoms with Crippen molar-refractivity contribution in [3.05, 3.63) is 87.8 Å². The van der Waals surface area contributed by atoms with Gasteiger partial charge in [-0.05, 0) is 36.1 Å². The van der Waals surface area contributed by atoms with Gasteiger partial charge in [0, 0.05) is 34.0 Å². The van der Waals surface area contributed by atoms with Crippen LogP contribution in [0.1, 0.15) is 35.2 Å². The van der Waals surface area contributed by atoms with E-state index in [9.17, 15) is 9.90 Å². The second-order valence-electron chi connectivity index (χ2n) is 7.24. The van der Waals surface area contributed by atoms with Crippen LogP contribution in [-0.4, -0.2) is 10.9 Å². The van der Waals surface area contributed by atoms with E-state index in [2.05, 4.69) is 22.1 Å². The van der Waals surface area contributed by atoms with Crippen LogP contribution in [0.15, 0.2) is 77.3 Å². The number of nitrogens with one attached hydrogen (secondary N) is 2. The molecule has 1 aliphatic carbocycles. The smallest absolute Gasteiger partial charge is 0.163 e. The molecule has 0 radical (unpaired) electrons. The number of hydrogen-bond acceptors (Lipinski definition) is 5. The highest BCUT2D eigenvalue weighted by Crippen LogP contribution is 2.46. The number of aromatic hydroxyl groups is 1. The van der Waals surface area contributed by atoms with Gasteiger partial charge >= 0.3 is 0 Å². The van der Waals surface area contributed by atoms with Gasteiger partial charge < -0.3 is 15.7 Å². The molecule has 0 saturated heterocycles. The fraction of sp³-hybridized carbons (Fsp3) is 0.174. The number of hydrogen-bond donors (Lipinski definition) is 3. The van der Waals surface area contributed by atoms with Gasteiger partial charge in [-0.1, -0.05) is 36.4 Å². The van der Waals surface area contributed by atoms with Crippen LogP contribution in [0.3, 0.4) is 0 Å². The molecule has 4 nitrogen and oxygen atoms in total. The Labute approximate surface area is 167 Å². The molecule has 2 heterocycles. The van der Waals surface area contributed by atoms with Crippen molar-refractivity contribution in [3.8, 4) is 5.75 Å². The molecule has 3 aromatic rings. The normalized spacial score (nSPS) is 21.2. The van der Waals surface area contributed by atoms with Crippen molar-refractivity contribution in [2.45, 2.75) is 24.8 Å². The van der Waals surface area contributed by atoms with Gasteiger partial charge in [-0.15, -0.1) is 11.3 Å². The lowest BCUT2D eigenvalue weighted by Gasteiger charge is -2.29. The number of phenols is 1. The van der Waals surface area contributed by atoms with Crippen molar-refractivity contribution in [1.82, 2.24) is 0 Å². The van der Waals surface area contributed by atoms with Gasteiger partial charge in [-0.25, -0.2) is 0 Å². The quantitative estimate of drug-likeness (QED) is 0.548. The third kappa shape index (κ3) is 2.88. The molecule has 2 atom stereocenters. The van der Waals surface area contributed by atoms with Gasteiger partial charge in [-0.3, -0.25) is 4.79 Å². The van der Waals surface area contributed by atoms with Gasteiger partial charge in [-0.2, -0.15) is 0 Å². The molecule has 0 fully saturated rings. The molecule has 1 aromatic heterocycles. The first kappa shape index (κ1) is 17.1. The maximum absolute atomic E-state index is 13.3. The van der Waals surface area contributed by atoms with Crippen molar-refractivity contribution in [3.63, 3.8) is 0 Å². The zero-order valence-electron chi connectivity index (χ0n) is 15.2. The largest absolute Gasteiger partial charge is 0.508 e. The van der Waals surface area contributed by atoms with Crippen LogP contribution in [0.5, 0.6) is 5.75 Å². The summed E-state index contributed by atoms with van der Waals surface area (Å²) in [6.45, 7) is 0. The Morgan fingerprint density at radius 1 is 0.929 bits per heavy atom. The lowest BCUT2D eigenvalue weighted by Crippen LogP contribution is -2.26. The second kappa shape index (κ2) is 6.84. The first-order valence-corrected chi connectivity index (χ1v) is 10.3. The number of carbonyl (C=O) groups is 1. The van der Waals surface area contributed by atoms with E-state index in [-0.39, 0.29) is 23.5 Å². The SMILES string of the molecule is O=C1CC(c2cccs2)CC2=C1C(c1ccccc1O)Nc1ccccc1N2. The molecule has 0 bridgehead atoms. The molecule has 3 N–H and O–H groups in total. The number of Topliss-reactive ketones (excluding diaryl/α,β-unsaturated/α-hetero) is 1. The lowest BCUT2D eigenvalue weighted by molar-refractivity contribution is -0.116. The molecule has 0 spiro atoms. The molecular weight excluding hydrogens is 368 g/mol. The van der Waals surface area contributed by atoms with Crippen LogP contribution >= 0.6 is 11.3 Å². The predicted octanol–water partition coefficient (Wildman–Crippen LogP) is 5.43. The molecule has 5 rings (SSSR count). The topological polar surface area (TPSA) is 61.4 Å². The highest BCUT2D eigenvalue weighted by atomic mass is 32.1. The summed E-state index contributed by atoms with van der Waals surface area (Å²) >= 11 is 1.70. The average Bonchev–Trinajstić information content (AvgIpc) is 3.17. The first-order chi connectivity index (χ1) is 13.7. The first-order valence-electron chi connectivity index (χ1n) is 9.41. The number of carbonyl (C=O) groups excluding carboxylic acids is 1. The number of fused-ring (bicyclic) bond motifs is 1. The summed E-state index contributed by atoms with van der Waals surface area (Å²) in [6.07, 6.45) is 1.27. The number of phenolic OH excluding ortho intramolecular Hbond substituents is 1. The third-order valence-electron chi connectivity index (χ3n) is 5.50. The minimum atomic E-state index is -0.385. The fourth-order valence-corrected chi connectivity index (χ4v) is 5.01. The van der Waals surface area contributed by atoms with Crippen molar-refractivity contribution >= 4 is 28.5 Å². The zero-order valence-corrected chi connectivity index (χ0v) is 16.0. The van der Waals surface area contributed by atoms with E-state index in [1.807, 2.05) is 42.5 Å². The standard InChI is InChI=1S/C23H20N2O2S/c26-19-9-4-1-6-15(19)23-22-18(24-16-7-2-3-8-17(16)25-23)12-14(13-20(22)27)21-10-5-11-28-21/h1-11,14,23-26H,12-13H2. The van der Waals surface area contributed by atoms with Crippen LogP contribution in [0.25, 0.3) is 0 Å². The number of thiophene rings is 1. The summed E-state index contributed by atoms with van der Waals surface area (Å²) in [4.78, 5) is 14.6. The maximum atomic E-state index is 13.3. The van der Waals surface area contributed by atoms with Crippen LogP contribution < -0.4 is 10.6 Å². The molecular formula is C23H20N2O2S. The second-order valence-corrected chi connectivity index (χ2v) is 8.22. The van der Waals surface area contributed by atoms with E-state index >= 15 is 0 Å². The Hall–Kier alpha value is -3.05. The number of ketones is 1. The van der Waals surface area contributed by atoms with E-state index in [1.165, 1.54) is 4.88 Å². The summed E-state index contributed by atoms with van der Waals surface area (Å²) in [7, 11) is 0. The number of para-hydroxylation sites is 3. The number of rotatable bonds is 2. The average molecular weight is 388 g/mol. The summed E-state index contributed by atoms with van der Waals surface area (Å²) in [5, 5.41) is 19.6. The Bertz CT molecular complexity index is 1070. The molecule has 2 unspecified atom stereocenters. The van der Waals surface area contributed by atoms with Gasteiger partial charge in [0.05, 0.1) is 17.4 Å². The maximum Gasteiger partial charge on any atom is 0.163 e. The molecule has 2 aliphatic rings. The van der Waals surface area contributed by atoms with Gasteiger partial charge in [0.15, 0.2) is 5.78 Å². The molecule has 0 saturated carbocycles. The monoisotopic (exact) mass is 388 g/mol. The van der Waals surface area contributed by atoms with Crippen LogP contribution in [0, 0.1) is 0 Å². The minimum Gasteiger partial charge on any atom is -0.508 e. The highest BCUT2D eigenvalue weighted by Gasteiger charge is 2.37. The summed E-state index contributed by atoms with van der Waals surface area (Å²) < 4.78 is 0. The highest BCUT2D eigenvalue weighted by molar-refractivity contribution is 7.10. The summed E-state index contributed by atoms with van der Waals surface area (Å²) in [5.74, 6) is 0.508. The van der Waals surface area contributed by atoms with Crippen molar-refractivity contribution in [1.29, 1.82) is 0 Å². The summed E-state index contributed by atoms with van der Waals surface area (Å²) in [5.41, 5.74) is 4.26. The molecule has 5 heteroatoms. The van der Waals surface area contributed by atoms with Gasteiger partial charge in [0.2, 0.25) is 0 Å². The fourth-order valence-electron chi connectivity index (χ4n) is 4.18. The van der Waals surface area contributed by atoms with E-state index in [0.717, 1.165) is 34.6 Å². The summed E-state index contributed by atoms with van der Waals surface area (Å²) in [6, 6.07) is 19.0.